The zero-order chi connectivity index (χ0) is 24.9. The molecule has 5 aromatic rings. The highest BCUT2D eigenvalue weighted by molar-refractivity contribution is 6.32. The number of pyridine rings is 1. The Balaban J connectivity index is 1.61. The largest absolute Gasteiger partial charge is 0.370 e. The molecule has 10 nitrogen and oxygen atoms in total. The number of hydrogen-bond donors (Lipinski definition) is 0. The first kappa shape index (κ1) is 22.4. The summed E-state index contributed by atoms with van der Waals surface area (Å²) in [6.45, 7) is 0.133. The van der Waals surface area contributed by atoms with Gasteiger partial charge in [-0.3, -0.25) is 18.7 Å². The highest BCUT2D eigenvalue weighted by Crippen LogP contribution is 2.41. The summed E-state index contributed by atoms with van der Waals surface area (Å²) in [4.78, 5) is 27.4. The number of benzene rings is 1. The Kier molecular flexibility index (Phi) is 5.32. The maximum atomic E-state index is 14.0. The number of methoxy groups -OCH3 is 1. The molecule has 0 radical (unpaired) electrons. The lowest BCUT2D eigenvalue weighted by atomic mass is 10.0. The Morgan fingerprint density at radius 1 is 1.19 bits per heavy atom. The van der Waals surface area contributed by atoms with Gasteiger partial charge >= 0.3 is 0 Å². The van der Waals surface area contributed by atoms with Crippen molar-refractivity contribution in [3.63, 3.8) is 0 Å². The van der Waals surface area contributed by atoms with Gasteiger partial charge in [0.2, 0.25) is 5.82 Å². The second-order valence-electron chi connectivity index (χ2n) is 8.75. The fourth-order valence-corrected chi connectivity index (χ4v) is 5.22. The van der Waals surface area contributed by atoms with Gasteiger partial charge in [-0.15, -0.1) is 0 Å². The number of nitrogens with zero attached hydrogens (tertiary/aromatic N) is 7. The van der Waals surface area contributed by atoms with Crippen LogP contribution in [0, 0.1) is 11.3 Å². The lowest BCUT2D eigenvalue weighted by Gasteiger charge is -2.22. The zero-order valence-corrected chi connectivity index (χ0v) is 20.1. The van der Waals surface area contributed by atoms with E-state index in [0.29, 0.717) is 22.6 Å². The first-order valence-corrected chi connectivity index (χ1v) is 11.9. The van der Waals surface area contributed by atoms with Crippen molar-refractivity contribution in [2.45, 2.75) is 37.8 Å². The van der Waals surface area contributed by atoms with Gasteiger partial charge < -0.3 is 9.26 Å². The standard InChI is InChI=1S/C25H20ClN7O3/c1-35-25(9-3-4-10-25)24-30-22(36-31-24)19-21-23(34)32(13-15-6-2-5-11-28-15)20-16(12-27)17(26)7-8-18(20)33(21)14-29-19/h2,5-8,11,14H,3-4,9-10,13H2,1H3. The summed E-state index contributed by atoms with van der Waals surface area (Å²) in [6, 6.07) is 11.0. The molecule has 0 amide bonds. The molecule has 0 spiro atoms. The summed E-state index contributed by atoms with van der Waals surface area (Å²) in [6.07, 6.45) is 6.79. The topological polar surface area (TPSA) is 124 Å². The van der Waals surface area contributed by atoms with Gasteiger partial charge in [-0.1, -0.05) is 22.8 Å². The van der Waals surface area contributed by atoms with Gasteiger partial charge in [0, 0.05) is 13.3 Å². The molecule has 36 heavy (non-hydrogen) atoms. The maximum absolute atomic E-state index is 14.0. The SMILES string of the molecule is COC1(c2noc(-c3ncn4c3c(=O)n(Cc3ccccn3)c3c(C#N)c(Cl)ccc34)n2)CCCC1. The molecule has 0 N–H and O–H groups in total. The molecule has 1 saturated carbocycles. The molecule has 180 valence electrons. The summed E-state index contributed by atoms with van der Waals surface area (Å²) in [5.74, 6) is 0.581. The van der Waals surface area contributed by atoms with Gasteiger partial charge in [-0.2, -0.15) is 10.2 Å². The van der Waals surface area contributed by atoms with Crippen molar-refractivity contribution in [2.24, 2.45) is 0 Å². The number of hydrogen-bond acceptors (Lipinski definition) is 8. The second-order valence-corrected chi connectivity index (χ2v) is 9.16. The number of fused-ring (bicyclic) bond motifs is 3. The molecular formula is C25H20ClN7O3. The average molecular weight is 502 g/mol. The van der Waals surface area contributed by atoms with E-state index in [1.54, 1.807) is 35.9 Å². The van der Waals surface area contributed by atoms with Crippen LogP contribution in [0.25, 0.3) is 28.1 Å². The smallest absolute Gasteiger partial charge is 0.279 e. The molecule has 0 atom stereocenters. The maximum Gasteiger partial charge on any atom is 0.279 e. The molecule has 0 saturated heterocycles. The Labute approximate surface area is 209 Å². The predicted molar refractivity (Wildman–Crippen MR) is 130 cm³/mol. The zero-order valence-electron chi connectivity index (χ0n) is 19.3. The highest BCUT2D eigenvalue weighted by atomic mass is 35.5. The molecule has 0 bridgehead atoms. The van der Waals surface area contributed by atoms with Crippen molar-refractivity contribution in [3.8, 4) is 17.7 Å². The lowest BCUT2D eigenvalue weighted by Crippen LogP contribution is -2.26. The Morgan fingerprint density at radius 3 is 2.75 bits per heavy atom. The third-order valence-corrected chi connectivity index (χ3v) is 7.16. The predicted octanol–water partition coefficient (Wildman–Crippen LogP) is 4.08. The van der Waals surface area contributed by atoms with Crippen LogP contribution in [0.2, 0.25) is 5.02 Å². The lowest BCUT2D eigenvalue weighted by molar-refractivity contribution is -0.0178. The molecule has 11 heteroatoms. The van der Waals surface area contributed by atoms with Crippen LogP contribution >= 0.6 is 11.6 Å². The van der Waals surface area contributed by atoms with Gasteiger partial charge in [0.05, 0.1) is 33.9 Å². The quantitative estimate of drug-likeness (QED) is 0.353. The van der Waals surface area contributed by atoms with Crippen molar-refractivity contribution in [2.75, 3.05) is 7.11 Å². The number of halogens is 1. The Hall–Kier alpha value is -4.07. The minimum Gasteiger partial charge on any atom is -0.370 e. The number of imidazole rings is 1. The summed E-state index contributed by atoms with van der Waals surface area (Å²) < 4.78 is 14.5. The van der Waals surface area contributed by atoms with Gasteiger partial charge in [0.25, 0.3) is 11.4 Å². The number of rotatable bonds is 5. The molecule has 1 fully saturated rings. The van der Waals surface area contributed by atoms with Crippen LogP contribution in [0.4, 0.5) is 0 Å². The van der Waals surface area contributed by atoms with E-state index in [2.05, 4.69) is 26.2 Å². The molecule has 6 rings (SSSR count). The fourth-order valence-electron chi connectivity index (χ4n) is 5.03. The second kappa shape index (κ2) is 8.55. The molecule has 4 aromatic heterocycles. The summed E-state index contributed by atoms with van der Waals surface area (Å²) in [5.41, 5.74) is 1.35. The van der Waals surface area contributed by atoms with Crippen molar-refractivity contribution in [3.05, 3.63) is 75.3 Å². The van der Waals surface area contributed by atoms with E-state index >= 15 is 0 Å². The Bertz CT molecular complexity index is 1710. The molecule has 1 aliphatic rings. The van der Waals surface area contributed by atoms with E-state index in [4.69, 9.17) is 20.9 Å². The number of nitriles is 1. The van der Waals surface area contributed by atoms with E-state index in [0.717, 1.165) is 25.7 Å². The van der Waals surface area contributed by atoms with E-state index in [9.17, 15) is 10.1 Å². The molecule has 0 unspecified atom stereocenters. The van der Waals surface area contributed by atoms with Gasteiger partial charge in [-0.25, -0.2) is 4.98 Å². The highest BCUT2D eigenvalue weighted by Gasteiger charge is 2.40. The van der Waals surface area contributed by atoms with Crippen LogP contribution in [0.15, 0.2) is 52.2 Å². The van der Waals surface area contributed by atoms with Crippen LogP contribution in [-0.4, -0.2) is 36.2 Å². The molecule has 1 aliphatic carbocycles. The minimum absolute atomic E-state index is 0.131. The monoisotopic (exact) mass is 501 g/mol. The molecule has 4 heterocycles. The van der Waals surface area contributed by atoms with Gasteiger partial charge in [-0.05, 0) is 49.9 Å². The number of ether oxygens (including phenoxy) is 1. The van der Waals surface area contributed by atoms with Crippen molar-refractivity contribution in [1.29, 1.82) is 5.26 Å². The van der Waals surface area contributed by atoms with Crippen LogP contribution in [0.1, 0.15) is 42.8 Å². The first-order valence-electron chi connectivity index (χ1n) is 11.5. The normalized spacial score (nSPS) is 15.0. The van der Waals surface area contributed by atoms with Gasteiger partial charge in [0.15, 0.2) is 5.69 Å². The number of aromatic nitrogens is 6. The van der Waals surface area contributed by atoms with Crippen molar-refractivity contribution >= 4 is 28.2 Å². The summed E-state index contributed by atoms with van der Waals surface area (Å²) in [5, 5.41) is 14.3. The summed E-state index contributed by atoms with van der Waals surface area (Å²) >= 11 is 6.35. The molecule has 1 aromatic carbocycles. The molecule has 0 aliphatic heterocycles. The van der Waals surface area contributed by atoms with Crippen LogP contribution in [0.5, 0.6) is 0 Å². The van der Waals surface area contributed by atoms with Crippen LogP contribution < -0.4 is 5.56 Å². The van der Waals surface area contributed by atoms with Gasteiger partial charge in [0.1, 0.15) is 23.5 Å². The fraction of sp³-hybridized carbons (Fsp3) is 0.280. The third kappa shape index (κ3) is 3.31. The third-order valence-electron chi connectivity index (χ3n) is 6.85. The van der Waals surface area contributed by atoms with Crippen molar-refractivity contribution < 1.29 is 9.26 Å². The van der Waals surface area contributed by atoms with E-state index in [-0.39, 0.29) is 39.8 Å². The first-order chi connectivity index (χ1) is 17.6. The average Bonchev–Trinajstić information content (AvgIpc) is 3.66. The van der Waals surface area contributed by atoms with E-state index in [1.165, 1.54) is 10.9 Å². The van der Waals surface area contributed by atoms with E-state index in [1.807, 2.05) is 12.1 Å². The van der Waals surface area contributed by atoms with Crippen LogP contribution in [-0.2, 0) is 16.9 Å². The minimum atomic E-state index is -0.596. The van der Waals surface area contributed by atoms with Crippen molar-refractivity contribution in [1.82, 2.24) is 29.1 Å². The summed E-state index contributed by atoms with van der Waals surface area (Å²) in [7, 11) is 1.65. The van der Waals surface area contributed by atoms with Crippen LogP contribution in [0.3, 0.4) is 0 Å². The molecular weight excluding hydrogens is 482 g/mol. The Morgan fingerprint density at radius 2 is 2.03 bits per heavy atom. The van der Waals surface area contributed by atoms with E-state index < -0.39 is 5.60 Å².